The van der Waals surface area contributed by atoms with Gasteiger partial charge in [-0.05, 0) is 46.2 Å². The zero-order valence-electron chi connectivity index (χ0n) is 11.3. The first-order valence-corrected chi connectivity index (χ1v) is 7.35. The van der Waals surface area contributed by atoms with Gasteiger partial charge in [-0.3, -0.25) is 0 Å². The maximum atomic E-state index is 5.54. The molecule has 0 spiro atoms. The van der Waals surface area contributed by atoms with E-state index in [9.17, 15) is 0 Å². The Labute approximate surface area is 127 Å². The number of rotatable bonds is 3. The van der Waals surface area contributed by atoms with Crippen molar-refractivity contribution in [1.29, 1.82) is 0 Å². The van der Waals surface area contributed by atoms with E-state index in [0.29, 0.717) is 0 Å². The van der Waals surface area contributed by atoms with Gasteiger partial charge >= 0.3 is 0 Å². The maximum Gasteiger partial charge on any atom is 0.123 e. The third kappa shape index (κ3) is 2.70. The molecule has 20 heavy (non-hydrogen) atoms. The van der Waals surface area contributed by atoms with Crippen molar-refractivity contribution in [1.82, 2.24) is 0 Å². The third-order valence-corrected chi connectivity index (χ3v) is 3.93. The first-order chi connectivity index (χ1) is 9.76. The molecule has 0 heterocycles. The first-order valence-electron chi connectivity index (χ1n) is 6.56. The lowest BCUT2D eigenvalue weighted by Gasteiger charge is -2.11. The van der Waals surface area contributed by atoms with Crippen LogP contribution in [-0.2, 0) is 6.42 Å². The Morgan fingerprint density at radius 2 is 1.70 bits per heavy atom. The van der Waals surface area contributed by atoms with Crippen molar-refractivity contribution >= 4 is 26.7 Å². The van der Waals surface area contributed by atoms with Crippen LogP contribution >= 0.6 is 15.9 Å². The quantitative estimate of drug-likeness (QED) is 0.642. The molecule has 3 aromatic rings. The molecule has 1 nitrogen and oxygen atoms in total. The van der Waals surface area contributed by atoms with E-state index in [1.54, 1.807) is 7.11 Å². The Bertz CT molecular complexity index is 735. The molecule has 0 bridgehead atoms. The largest absolute Gasteiger partial charge is 0.496 e. The zero-order valence-corrected chi connectivity index (χ0v) is 12.9. The van der Waals surface area contributed by atoms with E-state index >= 15 is 0 Å². The van der Waals surface area contributed by atoms with Gasteiger partial charge in [0, 0.05) is 10.9 Å². The van der Waals surface area contributed by atoms with Crippen LogP contribution in [0.25, 0.3) is 10.8 Å². The summed E-state index contributed by atoms with van der Waals surface area (Å²) in [6.45, 7) is 0. The standard InChI is InChI=1S/C18H15BrO/c1-20-18-12-14-7-8-17(19)11-15(14)10-16(18)9-13-5-3-2-4-6-13/h2-8,10-12H,9H2,1H3. The molecule has 0 amide bonds. The van der Waals surface area contributed by atoms with E-state index < -0.39 is 0 Å². The SMILES string of the molecule is COc1cc2ccc(Br)cc2cc1Cc1ccccc1. The Kier molecular flexibility index (Phi) is 3.75. The van der Waals surface area contributed by atoms with E-state index in [4.69, 9.17) is 4.74 Å². The predicted octanol–water partition coefficient (Wildman–Crippen LogP) is 5.20. The van der Waals surface area contributed by atoms with Crippen LogP contribution in [0.15, 0.2) is 65.1 Å². The van der Waals surface area contributed by atoms with E-state index in [0.717, 1.165) is 16.6 Å². The number of fused-ring (bicyclic) bond motifs is 1. The fraction of sp³-hybridized carbons (Fsp3) is 0.111. The summed E-state index contributed by atoms with van der Waals surface area (Å²) >= 11 is 3.53. The lowest BCUT2D eigenvalue weighted by molar-refractivity contribution is 0.411. The predicted molar refractivity (Wildman–Crippen MR) is 87.4 cm³/mol. The molecule has 0 saturated heterocycles. The van der Waals surface area contributed by atoms with Gasteiger partial charge in [0.25, 0.3) is 0 Å². The molecule has 0 N–H and O–H groups in total. The molecule has 3 rings (SSSR count). The minimum atomic E-state index is 0.881. The van der Waals surface area contributed by atoms with Crippen molar-refractivity contribution in [3.63, 3.8) is 0 Å². The summed E-state index contributed by atoms with van der Waals surface area (Å²) in [5.74, 6) is 0.948. The van der Waals surface area contributed by atoms with Gasteiger partial charge in [-0.2, -0.15) is 0 Å². The summed E-state index contributed by atoms with van der Waals surface area (Å²) in [6, 6.07) is 21.1. The molecule has 0 unspecified atom stereocenters. The number of ether oxygens (including phenoxy) is 1. The molecule has 3 aromatic carbocycles. The van der Waals surface area contributed by atoms with Gasteiger partial charge in [-0.25, -0.2) is 0 Å². The van der Waals surface area contributed by atoms with Crippen LogP contribution < -0.4 is 4.74 Å². The Hall–Kier alpha value is -1.80. The van der Waals surface area contributed by atoms with Crippen molar-refractivity contribution in [2.75, 3.05) is 7.11 Å². The number of benzene rings is 3. The van der Waals surface area contributed by atoms with Crippen molar-refractivity contribution < 1.29 is 4.74 Å². The molecular weight excluding hydrogens is 312 g/mol. The molecule has 0 aliphatic rings. The number of halogens is 1. The Morgan fingerprint density at radius 1 is 0.900 bits per heavy atom. The first kappa shape index (κ1) is 13.2. The van der Waals surface area contributed by atoms with Crippen LogP contribution in [0.2, 0.25) is 0 Å². The maximum absolute atomic E-state index is 5.54. The van der Waals surface area contributed by atoms with Gasteiger partial charge in [0.05, 0.1) is 7.11 Å². The average Bonchev–Trinajstić information content (AvgIpc) is 2.47. The number of hydrogen-bond acceptors (Lipinski definition) is 1. The molecule has 0 fully saturated rings. The van der Waals surface area contributed by atoms with E-state index in [-0.39, 0.29) is 0 Å². The second kappa shape index (κ2) is 5.68. The normalized spacial score (nSPS) is 10.7. The molecule has 0 aromatic heterocycles. The second-order valence-corrected chi connectivity index (χ2v) is 5.73. The van der Waals surface area contributed by atoms with Gasteiger partial charge in [0.15, 0.2) is 0 Å². The molecule has 2 heteroatoms. The topological polar surface area (TPSA) is 9.23 Å². The van der Waals surface area contributed by atoms with Crippen molar-refractivity contribution in [2.24, 2.45) is 0 Å². The summed E-state index contributed by atoms with van der Waals surface area (Å²) < 4.78 is 6.64. The van der Waals surface area contributed by atoms with Gasteiger partial charge in [0.2, 0.25) is 0 Å². The highest BCUT2D eigenvalue weighted by molar-refractivity contribution is 9.10. The van der Waals surface area contributed by atoms with Crippen LogP contribution in [0.4, 0.5) is 0 Å². The molecular formula is C18H15BrO. The highest BCUT2D eigenvalue weighted by atomic mass is 79.9. The molecule has 0 saturated carbocycles. The smallest absolute Gasteiger partial charge is 0.123 e. The average molecular weight is 327 g/mol. The Morgan fingerprint density at radius 3 is 2.45 bits per heavy atom. The van der Waals surface area contributed by atoms with Crippen LogP contribution in [-0.4, -0.2) is 7.11 Å². The fourth-order valence-electron chi connectivity index (χ4n) is 2.44. The summed E-state index contributed by atoms with van der Waals surface area (Å²) in [7, 11) is 1.73. The van der Waals surface area contributed by atoms with Crippen LogP contribution in [0.5, 0.6) is 5.75 Å². The van der Waals surface area contributed by atoms with Crippen molar-refractivity contribution in [3.05, 3.63) is 76.3 Å². The highest BCUT2D eigenvalue weighted by Crippen LogP contribution is 2.29. The number of methoxy groups -OCH3 is 1. The van der Waals surface area contributed by atoms with Gasteiger partial charge < -0.3 is 4.74 Å². The fourth-order valence-corrected chi connectivity index (χ4v) is 2.82. The summed E-state index contributed by atoms with van der Waals surface area (Å²) in [5.41, 5.74) is 2.50. The molecule has 0 radical (unpaired) electrons. The third-order valence-electron chi connectivity index (χ3n) is 3.44. The highest BCUT2D eigenvalue weighted by Gasteiger charge is 2.07. The monoisotopic (exact) mass is 326 g/mol. The lowest BCUT2D eigenvalue weighted by Crippen LogP contribution is -1.94. The number of hydrogen-bond donors (Lipinski definition) is 0. The van der Waals surface area contributed by atoms with E-state index in [2.05, 4.69) is 70.5 Å². The van der Waals surface area contributed by atoms with Crippen LogP contribution in [0.3, 0.4) is 0 Å². The van der Waals surface area contributed by atoms with Gasteiger partial charge in [-0.1, -0.05) is 52.3 Å². The Balaban J connectivity index is 2.08. The summed E-state index contributed by atoms with van der Waals surface area (Å²) in [4.78, 5) is 0. The van der Waals surface area contributed by atoms with Crippen molar-refractivity contribution in [3.8, 4) is 5.75 Å². The lowest BCUT2D eigenvalue weighted by atomic mass is 10.00. The minimum absolute atomic E-state index is 0.881. The second-order valence-electron chi connectivity index (χ2n) is 4.82. The minimum Gasteiger partial charge on any atom is -0.496 e. The van der Waals surface area contributed by atoms with Gasteiger partial charge in [-0.15, -0.1) is 0 Å². The molecule has 0 atom stereocenters. The molecule has 0 aliphatic carbocycles. The molecule has 0 aliphatic heterocycles. The van der Waals surface area contributed by atoms with Crippen LogP contribution in [0, 0.1) is 0 Å². The summed E-state index contributed by atoms with van der Waals surface area (Å²) in [5, 5.41) is 2.42. The zero-order chi connectivity index (χ0) is 13.9. The van der Waals surface area contributed by atoms with Crippen molar-refractivity contribution in [2.45, 2.75) is 6.42 Å². The van der Waals surface area contributed by atoms with E-state index in [1.807, 2.05) is 6.07 Å². The summed E-state index contributed by atoms with van der Waals surface area (Å²) in [6.07, 6.45) is 0.881. The molecule has 100 valence electrons. The van der Waals surface area contributed by atoms with Gasteiger partial charge in [0.1, 0.15) is 5.75 Å². The van der Waals surface area contributed by atoms with E-state index in [1.165, 1.54) is 21.9 Å². The van der Waals surface area contributed by atoms with Crippen LogP contribution in [0.1, 0.15) is 11.1 Å².